The van der Waals surface area contributed by atoms with Crippen LogP contribution in [0.3, 0.4) is 0 Å². The first-order chi connectivity index (χ1) is 11.3. The van der Waals surface area contributed by atoms with E-state index in [2.05, 4.69) is 10.6 Å². The normalized spacial score (nSPS) is 10.1. The molecule has 0 unspecified atom stereocenters. The summed E-state index contributed by atoms with van der Waals surface area (Å²) >= 11 is 5.69. The molecule has 0 bridgehead atoms. The topological polar surface area (TPSA) is 101 Å². The summed E-state index contributed by atoms with van der Waals surface area (Å²) in [6, 6.07) is 8.98. The van der Waals surface area contributed by atoms with E-state index in [1.165, 1.54) is 12.1 Å². The molecule has 124 valence electrons. The van der Waals surface area contributed by atoms with Crippen molar-refractivity contribution in [2.75, 3.05) is 10.6 Å². The minimum absolute atomic E-state index is 0.0578. The average molecular weight is 348 g/mol. The number of nitro groups is 1. The van der Waals surface area contributed by atoms with Crippen LogP contribution in [0.15, 0.2) is 36.4 Å². The quantitative estimate of drug-likeness (QED) is 0.504. The molecule has 0 spiro atoms. The number of halogens is 1. The van der Waals surface area contributed by atoms with Gasteiger partial charge in [-0.2, -0.15) is 0 Å². The second kappa shape index (κ2) is 7.10. The molecular formula is C16H14ClN3O4. The maximum absolute atomic E-state index is 11.9. The highest BCUT2D eigenvalue weighted by molar-refractivity contribution is 6.43. The summed E-state index contributed by atoms with van der Waals surface area (Å²) < 4.78 is 0. The van der Waals surface area contributed by atoms with Crippen LogP contribution in [0.5, 0.6) is 0 Å². The number of hydrogen-bond donors (Lipinski definition) is 2. The van der Waals surface area contributed by atoms with Crippen molar-refractivity contribution in [2.24, 2.45) is 0 Å². The fourth-order valence-corrected chi connectivity index (χ4v) is 2.11. The van der Waals surface area contributed by atoms with Crippen molar-refractivity contribution in [2.45, 2.75) is 13.8 Å². The van der Waals surface area contributed by atoms with Crippen molar-refractivity contribution in [1.29, 1.82) is 0 Å². The summed E-state index contributed by atoms with van der Waals surface area (Å²) in [4.78, 5) is 34.0. The van der Waals surface area contributed by atoms with E-state index >= 15 is 0 Å². The van der Waals surface area contributed by atoms with Gasteiger partial charge >= 0.3 is 11.8 Å². The van der Waals surface area contributed by atoms with Crippen molar-refractivity contribution >= 4 is 40.5 Å². The van der Waals surface area contributed by atoms with E-state index in [4.69, 9.17) is 11.6 Å². The zero-order chi connectivity index (χ0) is 17.9. The zero-order valence-electron chi connectivity index (χ0n) is 12.9. The maximum atomic E-state index is 11.9. The van der Waals surface area contributed by atoms with Gasteiger partial charge in [-0.1, -0.05) is 17.7 Å². The highest BCUT2D eigenvalue weighted by Gasteiger charge is 2.17. The van der Waals surface area contributed by atoms with Crippen LogP contribution in [-0.4, -0.2) is 16.7 Å². The molecule has 0 aliphatic carbocycles. The summed E-state index contributed by atoms with van der Waals surface area (Å²) in [5, 5.41) is 15.5. The lowest BCUT2D eigenvalue weighted by molar-refractivity contribution is -0.384. The Balaban J connectivity index is 2.09. The third-order valence-electron chi connectivity index (χ3n) is 3.37. The first kappa shape index (κ1) is 17.4. The Kier molecular flexibility index (Phi) is 5.15. The third-order valence-corrected chi connectivity index (χ3v) is 3.69. The van der Waals surface area contributed by atoms with Crippen LogP contribution in [0.2, 0.25) is 5.02 Å². The molecule has 0 fully saturated rings. The number of anilines is 2. The van der Waals surface area contributed by atoms with E-state index < -0.39 is 16.7 Å². The Labute approximate surface area is 142 Å². The van der Waals surface area contributed by atoms with Crippen molar-refractivity contribution in [3.63, 3.8) is 0 Å². The minimum Gasteiger partial charge on any atom is -0.318 e. The minimum atomic E-state index is -0.940. The molecule has 0 saturated carbocycles. The molecule has 7 nitrogen and oxygen atoms in total. The molecule has 0 heterocycles. The standard InChI is InChI=1S/C16H14ClN3O4/c1-9-3-4-11(7-10(9)2)18-15(21)16(22)19-12-5-6-13(17)14(8-12)20(23)24/h3-8H,1-2H3,(H,18,21)(H,19,22). The van der Waals surface area contributed by atoms with Gasteiger partial charge in [0.2, 0.25) is 0 Å². The fourth-order valence-electron chi connectivity index (χ4n) is 1.93. The van der Waals surface area contributed by atoms with Crippen LogP contribution in [0, 0.1) is 24.0 Å². The van der Waals surface area contributed by atoms with Crippen molar-refractivity contribution in [3.05, 3.63) is 62.7 Å². The Bertz CT molecular complexity index is 836. The highest BCUT2D eigenvalue weighted by atomic mass is 35.5. The number of amides is 2. The van der Waals surface area contributed by atoms with Crippen molar-refractivity contribution in [3.8, 4) is 0 Å². The van der Waals surface area contributed by atoms with E-state index in [0.717, 1.165) is 17.2 Å². The first-order valence-electron chi connectivity index (χ1n) is 6.91. The van der Waals surface area contributed by atoms with Gasteiger partial charge in [0, 0.05) is 17.4 Å². The first-order valence-corrected chi connectivity index (χ1v) is 7.29. The van der Waals surface area contributed by atoms with Gasteiger partial charge in [0.1, 0.15) is 5.02 Å². The summed E-state index contributed by atoms with van der Waals surface area (Å²) in [6.45, 7) is 3.82. The van der Waals surface area contributed by atoms with Gasteiger partial charge in [0.25, 0.3) is 5.69 Å². The molecule has 0 atom stereocenters. The Morgan fingerprint density at radius 2 is 1.50 bits per heavy atom. The number of aryl methyl sites for hydroxylation is 2. The SMILES string of the molecule is Cc1ccc(NC(=O)C(=O)Nc2ccc(Cl)c([N+](=O)[O-])c2)cc1C. The van der Waals surface area contributed by atoms with Crippen LogP contribution in [-0.2, 0) is 9.59 Å². The molecule has 2 aromatic carbocycles. The third kappa shape index (κ3) is 4.08. The van der Waals surface area contributed by atoms with Crippen molar-refractivity contribution < 1.29 is 14.5 Å². The van der Waals surface area contributed by atoms with Gasteiger partial charge in [-0.25, -0.2) is 0 Å². The lowest BCUT2D eigenvalue weighted by Gasteiger charge is -2.08. The molecule has 0 saturated heterocycles. The predicted octanol–water partition coefficient (Wildman–Crippen LogP) is 3.44. The van der Waals surface area contributed by atoms with E-state index in [-0.39, 0.29) is 16.4 Å². The summed E-state index contributed by atoms with van der Waals surface area (Å²) in [7, 11) is 0. The molecule has 2 rings (SSSR count). The number of carbonyl (C=O) groups is 2. The zero-order valence-corrected chi connectivity index (χ0v) is 13.7. The highest BCUT2D eigenvalue weighted by Crippen LogP contribution is 2.27. The van der Waals surface area contributed by atoms with E-state index in [1.54, 1.807) is 12.1 Å². The second-order valence-electron chi connectivity index (χ2n) is 5.13. The number of nitrogens with one attached hydrogen (secondary N) is 2. The summed E-state index contributed by atoms with van der Waals surface area (Å²) in [5.74, 6) is -1.82. The fraction of sp³-hybridized carbons (Fsp3) is 0.125. The monoisotopic (exact) mass is 347 g/mol. The largest absolute Gasteiger partial charge is 0.318 e. The van der Waals surface area contributed by atoms with Gasteiger partial charge < -0.3 is 10.6 Å². The van der Waals surface area contributed by atoms with Crippen molar-refractivity contribution in [1.82, 2.24) is 0 Å². The molecule has 8 heteroatoms. The van der Waals surface area contributed by atoms with E-state index in [0.29, 0.717) is 5.69 Å². The molecule has 0 aliphatic heterocycles. The smallest absolute Gasteiger partial charge is 0.314 e. The van der Waals surface area contributed by atoms with Crippen LogP contribution < -0.4 is 10.6 Å². The lowest BCUT2D eigenvalue weighted by atomic mass is 10.1. The molecule has 0 aliphatic rings. The lowest BCUT2D eigenvalue weighted by Crippen LogP contribution is -2.29. The molecule has 2 N–H and O–H groups in total. The number of carbonyl (C=O) groups excluding carboxylic acids is 2. The molecule has 24 heavy (non-hydrogen) atoms. The van der Waals surface area contributed by atoms with Gasteiger partial charge in [-0.05, 0) is 49.2 Å². The number of rotatable bonds is 3. The maximum Gasteiger partial charge on any atom is 0.314 e. The van der Waals surface area contributed by atoms with Gasteiger partial charge in [-0.3, -0.25) is 19.7 Å². The van der Waals surface area contributed by atoms with Crippen LogP contribution in [0.25, 0.3) is 0 Å². The Hall–Kier alpha value is -2.93. The molecule has 2 aromatic rings. The molecule has 2 amide bonds. The van der Waals surface area contributed by atoms with Gasteiger partial charge in [0.15, 0.2) is 0 Å². The van der Waals surface area contributed by atoms with E-state index in [1.807, 2.05) is 19.9 Å². The summed E-state index contributed by atoms with van der Waals surface area (Å²) in [5.41, 5.74) is 2.27. The number of benzene rings is 2. The van der Waals surface area contributed by atoms with Crippen LogP contribution >= 0.6 is 11.6 Å². The number of hydrogen-bond acceptors (Lipinski definition) is 4. The Morgan fingerprint density at radius 3 is 2.04 bits per heavy atom. The number of nitrogens with zero attached hydrogens (tertiary/aromatic N) is 1. The molecule has 0 aromatic heterocycles. The van der Waals surface area contributed by atoms with Crippen LogP contribution in [0.1, 0.15) is 11.1 Å². The summed E-state index contributed by atoms with van der Waals surface area (Å²) in [6.07, 6.45) is 0. The Morgan fingerprint density at radius 1 is 0.958 bits per heavy atom. The second-order valence-corrected chi connectivity index (χ2v) is 5.54. The van der Waals surface area contributed by atoms with Gasteiger partial charge in [-0.15, -0.1) is 0 Å². The average Bonchev–Trinajstić information content (AvgIpc) is 2.52. The molecular weight excluding hydrogens is 334 g/mol. The van der Waals surface area contributed by atoms with Crippen LogP contribution in [0.4, 0.5) is 17.1 Å². The number of nitro benzene ring substituents is 1. The predicted molar refractivity (Wildman–Crippen MR) is 91.3 cm³/mol. The van der Waals surface area contributed by atoms with Gasteiger partial charge in [0.05, 0.1) is 4.92 Å². The molecule has 0 radical (unpaired) electrons. The van der Waals surface area contributed by atoms with E-state index in [9.17, 15) is 19.7 Å².